The van der Waals surface area contributed by atoms with Crippen LogP contribution >= 0.6 is 61.1 Å². The number of piperidine rings is 2. The van der Waals surface area contributed by atoms with Gasteiger partial charge in [0, 0.05) is 67.4 Å². The zero-order valence-corrected chi connectivity index (χ0v) is 42.6. The minimum absolute atomic E-state index is 0. The van der Waals surface area contributed by atoms with Crippen LogP contribution in [0.25, 0.3) is 21.8 Å². The number of hydroxylamine groups is 2. The van der Waals surface area contributed by atoms with E-state index in [0.29, 0.717) is 5.92 Å². The number of carbonyl (C=O) groups excluding carboxylic acids is 2. The van der Waals surface area contributed by atoms with Gasteiger partial charge >= 0.3 is 0 Å². The van der Waals surface area contributed by atoms with Gasteiger partial charge < -0.3 is 32.4 Å². The van der Waals surface area contributed by atoms with Crippen LogP contribution in [0.1, 0.15) is 103 Å². The van der Waals surface area contributed by atoms with E-state index >= 15 is 0 Å². The number of nitrogens with zero attached hydrogens (tertiary/aromatic N) is 7. The molecule has 2 aliphatic rings. The quantitative estimate of drug-likeness (QED) is 0.0571. The van der Waals surface area contributed by atoms with Crippen molar-refractivity contribution in [2.75, 3.05) is 58.9 Å². The fourth-order valence-corrected chi connectivity index (χ4v) is 6.74. The molecule has 0 bridgehead atoms. The Morgan fingerprint density at radius 3 is 1.55 bits per heavy atom. The molecule has 0 aliphatic carbocycles. The molecule has 2 aromatic carbocycles. The molecule has 58 heavy (non-hydrogen) atoms. The summed E-state index contributed by atoms with van der Waals surface area (Å²) in [6.45, 7) is 12.1. The van der Waals surface area contributed by atoms with Crippen molar-refractivity contribution < 1.29 is 33.0 Å². The first-order chi connectivity index (χ1) is 26.2. The molecule has 4 aromatic rings. The molecule has 2 aromatic heterocycles. The monoisotopic (exact) mass is 1130 g/mol. The van der Waals surface area contributed by atoms with E-state index in [9.17, 15) is 9.59 Å². The van der Waals surface area contributed by atoms with E-state index in [2.05, 4.69) is 126 Å². The summed E-state index contributed by atoms with van der Waals surface area (Å²) < 4.78 is 8.46. The average Bonchev–Trinajstić information content (AvgIpc) is 3.66. The molecule has 6 rings (SSSR count). The van der Waals surface area contributed by atoms with Crippen molar-refractivity contribution in [2.45, 2.75) is 93.9 Å². The van der Waals surface area contributed by atoms with Crippen LogP contribution in [0.2, 0.25) is 0 Å². The largest absolute Gasteiger partial charge is 0.316 e. The summed E-state index contributed by atoms with van der Waals surface area (Å²) in [6.07, 6.45) is 9.68. The van der Waals surface area contributed by atoms with E-state index in [-0.39, 0.29) is 45.1 Å². The molecule has 0 atom stereocenters. The number of carbonyl (C=O) groups is 2. The Balaban J connectivity index is 0. The van der Waals surface area contributed by atoms with Gasteiger partial charge in [0.1, 0.15) is 0 Å². The van der Waals surface area contributed by atoms with Gasteiger partial charge in [-0.2, -0.15) is 16.6 Å². The molecule has 2 saturated heterocycles. The van der Waals surface area contributed by atoms with E-state index in [4.69, 9.17) is 10.2 Å². The van der Waals surface area contributed by atoms with Crippen LogP contribution in [0.5, 0.6) is 0 Å². The van der Waals surface area contributed by atoms with Gasteiger partial charge in [0.2, 0.25) is 5.91 Å². The van der Waals surface area contributed by atoms with Gasteiger partial charge in [-0.15, -0.1) is 0 Å². The van der Waals surface area contributed by atoms with Crippen molar-refractivity contribution in [3.8, 4) is 0 Å². The number of fused-ring (bicyclic) bond motifs is 2. The predicted octanol–water partition coefficient (Wildman–Crippen LogP) is 11.0. The number of Topliss-reactive ketones (excluding diaryl/α,β-unsaturated/α-hetero) is 1. The van der Waals surface area contributed by atoms with Crippen LogP contribution in [0.3, 0.4) is 0 Å². The molecule has 4 heterocycles. The second-order valence-electron chi connectivity index (χ2n) is 14.4. The first-order valence-corrected chi connectivity index (χ1v) is 23.0. The summed E-state index contributed by atoms with van der Waals surface area (Å²) in [6, 6.07) is 12.3. The summed E-state index contributed by atoms with van der Waals surface area (Å²) in [7, 11) is 11.4. The van der Waals surface area contributed by atoms with Gasteiger partial charge in [-0.1, -0.05) is 67.2 Å². The molecule has 10 nitrogen and oxygen atoms in total. The Labute approximate surface area is 399 Å². The molecule has 1 amide bonds. The zero-order chi connectivity index (χ0) is 41.1. The van der Waals surface area contributed by atoms with Crippen molar-refractivity contribution in [1.82, 2.24) is 34.4 Å². The maximum Gasteiger partial charge on any atom is 0.242 e. The summed E-state index contributed by atoms with van der Waals surface area (Å²) in [4.78, 5) is 31.1. The molecule has 1 radical (unpaired) electrons. The van der Waals surface area contributed by atoms with Gasteiger partial charge in [-0.3, -0.25) is 28.2 Å². The van der Waals surface area contributed by atoms with Crippen molar-refractivity contribution in [1.29, 1.82) is 0 Å². The summed E-state index contributed by atoms with van der Waals surface area (Å²) in [5, 5.41) is 13.0. The van der Waals surface area contributed by atoms with Crippen LogP contribution in [0.4, 0.5) is 0 Å². The number of hydrogen-bond donors (Lipinski definition) is 0. The van der Waals surface area contributed by atoms with Crippen LogP contribution in [0, 0.1) is 16.3 Å². The Morgan fingerprint density at radius 2 is 1.22 bits per heavy atom. The number of aromatic nitrogens is 4. The maximum absolute atomic E-state index is 11.6. The smallest absolute Gasteiger partial charge is 0.242 e. The minimum Gasteiger partial charge on any atom is -0.316 e. The Kier molecular flexibility index (Phi) is 32.3. The van der Waals surface area contributed by atoms with E-state index in [1.165, 1.54) is 99.8 Å². The summed E-state index contributed by atoms with van der Waals surface area (Å²) in [5.74, 6) is 1.52. The number of halogens is 3. The van der Waals surface area contributed by atoms with Gasteiger partial charge in [0.25, 0.3) is 0 Å². The molecule has 0 unspecified atom stereocenters. The molecule has 2 fully saturated rings. The topological polar surface area (TPSA) is 88.7 Å². The average molecular weight is 1130 g/mol. The van der Waals surface area contributed by atoms with Gasteiger partial charge in [-0.25, -0.2) is 5.06 Å². The Bertz CT molecular complexity index is 1730. The van der Waals surface area contributed by atoms with Crippen LogP contribution in [-0.4, -0.2) is 105 Å². The fraction of sp³-hybridized carbons (Fsp3) is 0.614. The second-order valence-corrected chi connectivity index (χ2v) is 17.3. The zero-order valence-electron chi connectivity index (χ0n) is 35.3. The molecular formula is C44H73BrI2N7O3V-. The van der Waals surface area contributed by atoms with E-state index in [0.717, 1.165) is 50.5 Å². The Hall–Kier alpha value is -1.08. The summed E-state index contributed by atoms with van der Waals surface area (Å²) >= 11 is 8.14. The maximum atomic E-state index is 11.6. The Morgan fingerprint density at radius 1 is 0.828 bits per heavy atom. The molecule has 0 saturated carbocycles. The SMILES string of the molecule is C.C.CC(=O)c1ccc2c(c1)c(CC1CCN(C)CC1)nn2C.CCCI.CC[CH-]I.CN1CCC(Cc2nn(C)c3ccc(Br)cc23)CC1.CON(C)C(C)=O.[V]. The third kappa shape index (κ3) is 20.2. The van der Waals surface area contributed by atoms with E-state index in [1.807, 2.05) is 41.7 Å². The van der Waals surface area contributed by atoms with Crippen LogP contribution in [0.15, 0.2) is 40.9 Å². The molecule has 0 N–H and O–H groups in total. The molecule has 0 spiro atoms. The minimum atomic E-state index is -0.0949. The number of aryl methyl sites for hydroxylation is 2. The second kappa shape index (κ2) is 31.7. The number of amides is 1. The van der Waals surface area contributed by atoms with E-state index < -0.39 is 0 Å². The fourth-order valence-electron chi connectivity index (χ4n) is 6.38. The number of benzene rings is 2. The molecule has 329 valence electrons. The first-order valence-electron chi connectivity index (χ1n) is 19.4. The third-order valence-corrected chi connectivity index (χ3v) is 12.4. The van der Waals surface area contributed by atoms with Crippen LogP contribution < -0.4 is 0 Å². The summed E-state index contributed by atoms with van der Waals surface area (Å²) in [5.41, 5.74) is 5.52. The van der Waals surface area contributed by atoms with Crippen LogP contribution in [-0.2, 0) is 55.1 Å². The van der Waals surface area contributed by atoms with Crippen molar-refractivity contribution >= 4 is 94.6 Å². The standard InChI is InChI=1S/C17H23N3O.C15H20BrN3.C4H9NO2.C3H7I.C3H6I.2CH4.V/c1-12(21)14-4-5-17-15(11-14)16(18-20(17)3)10-13-6-8-19(2)9-7-13;1-18-7-5-11(6-8-18)9-14-13-10-12(16)3-4-15(13)19(2)17-14;1-4(6)5(2)7-3;2*1-2-3-4;;;/h4-5,11,13H,6-10H2,1-3H3;3-4,10-11H,5-9H2,1-2H3;1-3H3;2-3H2,1H3;3H,2H2,1H3;2*1H4;/q;;;;-1;;;. The van der Waals surface area contributed by atoms with Gasteiger partial charge in [-0.05, 0) is 145 Å². The molecular weight excluding hydrogens is 1060 g/mol. The van der Waals surface area contributed by atoms with Crippen molar-refractivity contribution in [3.63, 3.8) is 0 Å². The number of alkyl halides is 1. The number of likely N-dealkylation sites (tertiary alicyclic amines) is 2. The first kappa shape index (κ1) is 59.0. The van der Waals surface area contributed by atoms with Crippen molar-refractivity contribution in [3.05, 3.63) is 62.2 Å². The molecule has 14 heteroatoms. The normalized spacial score (nSPS) is 14.4. The third-order valence-electron chi connectivity index (χ3n) is 9.92. The number of hydrogen-bond acceptors (Lipinski definition) is 7. The van der Waals surface area contributed by atoms with Crippen molar-refractivity contribution in [2.24, 2.45) is 25.9 Å². The van der Waals surface area contributed by atoms with Gasteiger partial charge in [0.05, 0.1) is 29.5 Å². The predicted molar refractivity (Wildman–Crippen MR) is 264 cm³/mol. The molecule has 2 aliphatic heterocycles. The van der Waals surface area contributed by atoms with E-state index in [1.54, 1.807) is 14.0 Å². The number of ketones is 1. The van der Waals surface area contributed by atoms with Gasteiger partial charge in [0.15, 0.2) is 5.78 Å². The number of rotatable bonds is 8.